The first kappa shape index (κ1) is 14.0. The molecule has 0 saturated heterocycles. The van der Waals surface area contributed by atoms with Crippen LogP contribution in [0.2, 0.25) is 0 Å². The highest BCUT2D eigenvalue weighted by Gasteiger charge is 2.10. The van der Waals surface area contributed by atoms with Crippen LogP contribution in [0.3, 0.4) is 0 Å². The second-order valence-corrected chi connectivity index (χ2v) is 4.32. The van der Waals surface area contributed by atoms with Gasteiger partial charge in [-0.3, -0.25) is 4.90 Å². The van der Waals surface area contributed by atoms with Crippen LogP contribution in [0.15, 0.2) is 24.3 Å². The molecule has 0 aliphatic heterocycles. The maximum absolute atomic E-state index is 9.47. The van der Waals surface area contributed by atoms with Crippen molar-refractivity contribution >= 4 is 5.69 Å². The van der Waals surface area contributed by atoms with Gasteiger partial charge < -0.3 is 15.9 Å². The second kappa shape index (κ2) is 7.27. The average molecular weight is 238 g/mol. The van der Waals surface area contributed by atoms with Crippen LogP contribution in [-0.4, -0.2) is 40.9 Å². The monoisotopic (exact) mass is 238 g/mol. The van der Waals surface area contributed by atoms with E-state index in [0.29, 0.717) is 6.54 Å². The van der Waals surface area contributed by atoms with Crippen LogP contribution in [0.5, 0.6) is 0 Å². The summed E-state index contributed by atoms with van der Waals surface area (Å²) in [6, 6.07) is 7.74. The lowest BCUT2D eigenvalue weighted by atomic mass is 10.2. The van der Waals surface area contributed by atoms with Crippen molar-refractivity contribution < 1.29 is 10.2 Å². The number of nitrogens with zero attached hydrogens (tertiary/aromatic N) is 1. The Balaban J connectivity index is 2.59. The van der Waals surface area contributed by atoms with Crippen LogP contribution >= 0.6 is 0 Å². The molecule has 0 aliphatic rings. The van der Waals surface area contributed by atoms with Crippen molar-refractivity contribution in [2.45, 2.75) is 26.0 Å². The summed E-state index contributed by atoms with van der Waals surface area (Å²) in [7, 11) is 0. The maximum Gasteiger partial charge on any atom is 0.0897 e. The van der Waals surface area contributed by atoms with Crippen molar-refractivity contribution in [3.63, 3.8) is 0 Å². The van der Waals surface area contributed by atoms with E-state index in [-0.39, 0.29) is 6.61 Å². The zero-order valence-electron chi connectivity index (χ0n) is 10.3. The largest absolute Gasteiger partial charge is 0.399 e. The summed E-state index contributed by atoms with van der Waals surface area (Å²) in [5.74, 6) is 0. The molecule has 1 atom stereocenters. The second-order valence-electron chi connectivity index (χ2n) is 4.32. The standard InChI is InChI=1S/C13H22N2O2/c1-2-6-15(9-13(17)10-16)8-11-4-3-5-12(14)7-11/h3-5,7,13,16-17H,2,6,8-10,14H2,1H3. The first-order valence-electron chi connectivity index (χ1n) is 6.01. The maximum atomic E-state index is 9.47. The minimum atomic E-state index is -0.678. The molecule has 0 heterocycles. The van der Waals surface area contributed by atoms with E-state index in [1.165, 1.54) is 0 Å². The highest BCUT2D eigenvalue weighted by Crippen LogP contribution is 2.10. The van der Waals surface area contributed by atoms with E-state index < -0.39 is 6.10 Å². The molecule has 0 spiro atoms. The van der Waals surface area contributed by atoms with Gasteiger partial charge in [0, 0.05) is 18.8 Å². The summed E-state index contributed by atoms with van der Waals surface area (Å²) in [4.78, 5) is 2.12. The van der Waals surface area contributed by atoms with Gasteiger partial charge in [0.05, 0.1) is 12.7 Å². The van der Waals surface area contributed by atoms with Crippen LogP contribution in [0.25, 0.3) is 0 Å². The molecule has 1 unspecified atom stereocenters. The van der Waals surface area contributed by atoms with E-state index in [0.717, 1.165) is 30.8 Å². The highest BCUT2D eigenvalue weighted by atomic mass is 16.3. The number of hydrogen-bond acceptors (Lipinski definition) is 4. The number of nitrogens with two attached hydrogens (primary N) is 1. The number of rotatable bonds is 7. The lowest BCUT2D eigenvalue weighted by Crippen LogP contribution is -2.34. The summed E-state index contributed by atoms with van der Waals surface area (Å²) in [6.07, 6.45) is 0.336. The molecule has 4 N–H and O–H groups in total. The minimum absolute atomic E-state index is 0.197. The van der Waals surface area contributed by atoms with Crippen LogP contribution in [0.4, 0.5) is 5.69 Å². The zero-order valence-corrected chi connectivity index (χ0v) is 10.3. The predicted molar refractivity (Wildman–Crippen MR) is 69.5 cm³/mol. The number of anilines is 1. The van der Waals surface area contributed by atoms with E-state index in [9.17, 15) is 5.11 Å². The lowest BCUT2D eigenvalue weighted by Gasteiger charge is -2.24. The molecule has 4 heteroatoms. The Morgan fingerprint density at radius 3 is 2.76 bits per heavy atom. The molecule has 0 amide bonds. The van der Waals surface area contributed by atoms with Crippen molar-refractivity contribution in [2.24, 2.45) is 0 Å². The topological polar surface area (TPSA) is 69.7 Å². The van der Waals surface area contributed by atoms with Crippen molar-refractivity contribution in [1.29, 1.82) is 0 Å². The van der Waals surface area contributed by atoms with Crippen LogP contribution in [-0.2, 0) is 6.54 Å². The molecule has 1 aromatic rings. The normalized spacial score (nSPS) is 12.9. The van der Waals surface area contributed by atoms with Crippen LogP contribution in [0.1, 0.15) is 18.9 Å². The fourth-order valence-electron chi connectivity index (χ4n) is 1.86. The van der Waals surface area contributed by atoms with Gasteiger partial charge in [0.25, 0.3) is 0 Å². The van der Waals surface area contributed by atoms with Crippen molar-refractivity contribution in [2.75, 3.05) is 25.4 Å². The van der Waals surface area contributed by atoms with Gasteiger partial charge in [-0.2, -0.15) is 0 Å². The summed E-state index contributed by atoms with van der Waals surface area (Å²) in [6.45, 7) is 4.02. The molecule has 17 heavy (non-hydrogen) atoms. The Hall–Kier alpha value is -1.10. The highest BCUT2D eigenvalue weighted by molar-refractivity contribution is 5.40. The molecular formula is C13H22N2O2. The van der Waals surface area contributed by atoms with Crippen LogP contribution < -0.4 is 5.73 Å². The van der Waals surface area contributed by atoms with Gasteiger partial charge in [-0.05, 0) is 30.7 Å². The predicted octanol–water partition coefficient (Wildman–Crippen LogP) is 0.834. The molecule has 0 bridgehead atoms. The third-order valence-corrected chi connectivity index (χ3v) is 2.58. The molecule has 1 rings (SSSR count). The Labute approximate surface area is 103 Å². The smallest absolute Gasteiger partial charge is 0.0897 e. The summed E-state index contributed by atoms with van der Waals surface area (Å²) >= 11 is 0. The lowest BCUT2D eigenvalue weighted by molar-refractivity contribution is 0.0567. The van der Waals surface area contributed by atoms with E-state index in [1.54, 1.807) is 0 Å². The molecule has 0 fully saturated rings. The molecule has 0 saturated carbocycles. The van der Waals surface area contributed by atoms with Gasteiger partial charge >= 0.3 is 0 Å². The van der Waals surface area contributed by atoms with Crippen LogP contribution in [0, 0.1) is 0 Å². The van der Waals surface area contributed by atoms with E-state index >= 15 is 0 Å². The fourth-order valence-corrected chi connectivity index (χ4v) is 1.86. The first-order chi connectivity index (χ1) is 8.15. The van der Waals surface area contributed by atoms with Crippen molar-refractivity contribution in [3.8, 4) is 0 Å². The molecule has 96 valence electrons. The fraction of sp³-hybridized carbons (Fsp3) is 0.538. The zero-order chi connectivity index (χ0) is 12.7. The number of hydrogen-bond donors (Lipinski definition) is 3. The van der Waals surface area contributed by atoms with Crippen molar-refractivity contribution in [3.05, 3.63) is 29.8 Å². The quantitative estimate of drug-likeness (QED) is 0.616. The first-order valence-corrected chi connectivity index (χ1v) is 6.01. The SMILES string of the molecule is CCCN(Cc1cccc(N)c1)CC(O)CO. The van der Waals surface area contributed by atoms with Crippen molar-refractivity contribution in [1.82, 2.24) is 4.90 Å². The third-order valence-electron chi connectivity index (χ3n) is 2.58. The molecule has 4 nitrogen and oxygen atoms in total. The van der Waals surface area contributed by atoms with E-state index in [1.807, 2.05) is 24.3 Å². The molecule has 0 radical (unpaired) electrons. The van der Waals surface area contributed by atoms with Gasteiger partial charge in [-0.25, -0.2) is 0 Å². The Morgan fingerprint density at radius 2 is 2.18 bits per heavy atom. The molecule has 0 aromatic heterocycles. The van der Waals surface area contributed by atoms with E-state index in [2.05, 4.69) is 11.8 Å². The summed E-state index contributed by atoms with van der Waals surface area (Å²) in [5.41, 5.74) is 7.61. The number of aliphatic hydroxyl groups excluding tert-OH is 2. The Kier molecular flexibility index (Phi) is 5.97. The van der Waals surface area contributed by atoms with Gasteiger partial charge in [0.15, 0.2) is 0 Å². The molecule has 0 aliphatic carbocycles. The minimum Gasteiger partial charge on any atom is -0.399 e. The summed E-state index contributed by atoms with van der Waals surface area (Å²) in [5, 5.41) is 18.3. The Bertz CT molecular complexity index is 331. The number of aliphatic hydroxyl groups is 2. The third kappa shape index (κ3) is 5.17. The average Bonchev–Trinajstić information content (AvgIpc) is 2.29. The van der Waals surface area contributed by atoms with E-state index in [4.69, 9.17) is 10.8 Å². The molecular weight excluding hydrogens is 216 g/mol. The molecule has 1 aromatic carbocycles. The Morgan fingerprint density at radius 1 is 1.41 bits per heavy atom. The van der Waals surface area contributed by atoms with Gasteiger partial charge in [-0.15, -0.1) is 0 Å². The van der Waals surface area contributed by atoms with Gasteiger partial charge in [0.2, 0.25) is 0 Å². The number of nitrogen functional groups attached to an aromatic ring is 1. The summed E-state index contributed by atoms with van der Waals surface area (Å²) < 4.78 is 0. The van der Waals surface area contributed by atoms with Gasteiger partial charge in [-0.1, -0.05) is 19.1 Å². The van der Waals surface area contributed by atoms with Gasteiger partial charge in [0.1, 0.15) is 0 Å². The number of benzene rings is 1.